The minimum Gasteiger partial charge on any atom is -0.308 e. The van der Waals surface area contributed by atoms with Crippen LogP contribution in [0.2, 0.25) is 0 Å². The van der Waals surface area contributed by atoms with Gasteiger partial charge in [-0.25, -0.2) is 4.98 Å². The topological polar surface area (TPSA) is 60.9 Å². The quantitative estimate of drug-likeness (QED) is 0.734. The van der Waals surface area contributed by atoms with Gasteiger partial charge in [-0.3, -0.25) is 9.36 Å². The summed E-state index contributed by atoms with van der Waals surface area (Å²) in [7, 11) is 0. The Kier molecular flexibility index (Phi) is 4.40. The molecular formula is C20H19N3O. The maximum Gasteiger partial charge on any atom is 0.262 e. The number of hydrogen-bond donors (Lipinski definition) is 1. The molecule has 0 aliphatic heterocycles. The summed E-state index contributed by atoms with van der Waals surface area (Å²) in [6.45, 7) is 7.65. The zero-order chi connectivity index (χ0) is 17.1. The smallest absolute Gasteiger partial charge is 0.262 e. The summed E-state index contributed by atoms with van der Waals surface area (Å²) >= 11 is 0. The van der Waals surface area contributed by atoms with Crippen molar-refractivity contribution in [1.82, 2.24) is 9.55 Å². The Labute approximate surface area is 140 Å². The van der Waals surface area contributed by atoms with Crippen LogP contribution in [0.25, 0.3) is 10.9 Å². The predicted molar refractivity (Wildman–Crippen MR) is 97.9 cm³/mol. The van der Waals surface area contributed by atoms with Gasteiger partial charge in [0.25, 0.3) is 5.56 Å². The van der Waals surface area contributed by atoms with Gasteiger partial charge in [0.15, 0.2) is 0 Å². The fourth-order valence-electron chi connectivity index (χ4n) is 2.83. The molecule has 1 heterocycles. The lowest BCUT2D eigenvalue weighted by Gasteiger charge is -2.22. The molecule has 2 aromatic carbocycles. The Balaban J connectivity index is 2.35. The van der Waals surface area contributed by atoms with Crippen LogP contribution in [0.15, 0.2) is 84.7 Å². The number of benzene rings is 2. The van der Waals surface area contributed by atoms with Crippen LogP contribution in [-0.2, 0) is 0 Å². The van der Waals surface area contributed by atoms with Crippen molar-refractivity contribution >= 4 is 10.9 Å². The highest BCUT2D eigenvalue weighted by Crippen LogP contribution is 2.26. The number of aromatic nitrogens is 2. The predicted octanol–water partition coefficient (Wildman–Crippen LogP) is 3.36. The van der Waals surface area contributed by atoms with Crippen molar-refractivity contribution in [3.8, 4) is 0 Å². The van der Waals surface area contributed by atoms with E-state index in [0.717, 1.165) is 5.56 Å². The van der Waals surface area contributed by atoms with Crippen LogP contribution in [0.5, 0.6) is 0 Å². The van der Waals surface area contributed by atoms with E-state index < -0.39 is 6.17 Å². The highest BCUT2D eigenvalue weighted by atomic mass is 16.1. The number of hydrogen-bond acceptors (Lipinski definition) is 3. The van der Waals surface area contributed by atoms with E-state index in [2.05, 4.69) is 13.2 Å². The van der Waals surface area contributed by atoms with Gasteiger partial charge in [0.2, 0.25) is 0 Å². The van der Waals surface area contributed by atoms with Crippen molar-refractivity contribution in [2.24, 2.45) is 5.73 Å². The molecule has 24 heavy (non-hydrogen) atoms. The first kappa shape index (κ1) is 15.9. The lowest BCUT2D eigenvalue weighted by atomic mass is 9.97. The van der Waals surface area contributed by atoms with Crippen LogP contribution < -0.4 is 11.3 Å². The summed E-state index contributed by atoms with van der Waals surface area (Å²) in [5.41, 5.74) is 7.60. The van der Waals surface area contributed by atoms with Gasteiger partial charge in [-0.1, -0.05) is 61.2 Å². The summed E-state index contributed by atoms with van der Waals surface area (Å²) in [5.74, 6) is 0.321. The molecule has 0 spiro atoms. The van der Waals surface area contributed by atoms with Crippen molar-refractivity contribution in [3.05, 3.63) is 102 Å². The van der Waals surface area contributed by atoms with Crippen LogP contribution in [0.1, 0.15) is 23.5 Å². The minimum atomic E-state index is -0.657. The van der Waals surface area contributed by atoms with E-state index in [-0.39, 0.29) is 11.5 Å². The molecule has 4 heteroatoms. The molecule has 0 saturated carbocycles. The molecule has 0 aliphatic carbocycles. The summed E-state index contributed by atoms with van der Waals surface area (Å²) in [6.07, 6.45) is 2.65. The van der Waals surface area contributed by atoms with Crippen molar-refractivity contribution in [2.45, 2.75) is 12.1 Å². The van der Waals surface area contributed by atoms with Crippen LogP contribution in [0.4, 0.5) is 0 Å². The Morgan fingerprint density at radius 1 is 1.00 bits per heavy atom. The average molecular weight is 317 g/mol. The summed E-state index contributed by atoms with van der Waals surface area (Å²) < 4.78 is 1.49. The molecule has 2 atom stereocenters. The van der Waals surface area contributed by atoms with E-state index in [9.17, 15) is 4.79 Å². The van der Waals surface area contributed by atoms with E-state index >= 15 is 0 Å². The number of allylic oxidation sites excluding steroid dienone is 1. The fourth-order valence-corrected chi connectivity index (χ4v) is 2.83. The number of nitrogens with zero attached hydrogens (tertiary/aromatic N) is 2. The molecule has 3 rings (SSSR count). The van der Waals surface area contributed by atoms with Gasteiger partial charge >= 0.3 is 0 Å². The van der Waals surface area contributed by atoms with Gasteiger partial charge in [0, 0.05) is 0 Å². The lowest BCUT2D eigenvalue weighted by Crippen LogP contribution is -2.33. The van der Waals surface area contributed by atoms with Crippen LogP contribution in [0.3, 0.4) is 0 Å². The zero-order valence-corrected chi connectivity index (χ0v) is 13.3. The third-order valence-electron chi connectivity index (χ3n) is 4.05. The molecule has 1 aromatic heterocycles. The van der Waals surface area contributed by atoms with Crippen LogP contribution >= 0.6 is 0 Å². The summed E-state index contributed by atoms with van der Waals surface area (Å²) in [4.78, 5) is 17.7. The van der Waals surface area contributed by atoms with Crippen molar-refractivity contribution < 1.29 is 0 Å². The maximum atomic E-state index is 13.0. The third-order valence-corrected chi connectivity index (χ3v) is 4.05. The van der Waals surface area contributed by atoms with Gasteiger partial charge in [-0.2, -0.15) is 0 Å². The number of para-hydroxylation sites is 1. The summed E-state index contributed by atoms with van der Waals surface area (Å²) in [5, 5.41) is 0.537. The molecular weight excluding hydrogens is 298 g/mol. The molecule has 0 radical (unpaired) electrons. The molecule has 2 unspecified atom stereocenters. The van der Waals surface area contributed by atoms with E-state index in [1.54, 1.807) is 12.1 Å². The van der Waals surface area contributed by atoms with Crippen molar-refractivity contribution in [1.29, 1.82) is 0 Å². The molecule has 0 fully saturated rings. The lowest BCUT2D eigenvalue weighted by molar-refractivity contribution is 0.562. The first-order chi connectivity index (χ1) is 11.7. The second-order valence-electron chi connectivity index (χ2n) is 5.51. The second-order valence-corrected chi connectivity index (χ2v) is 5.51. The minimum absolute atomic E-state index is 0.175. The molecule has 0 amide bonds. The molecule has 3 aromatic rings. The van der Waals surface area contributed by atoms with Gasteiger partial charge in [-0.15, -0.1) is 6.58 Å². The third kappa shape index (κ3) is 2.68. The van der Waals surface area contributed by atoms with Gasteiger partial charge in [0.05, 0.1) is 16.8 Å². The second kappa shape index (κ2) is 6.64. The SMILES string of the molecule is C=CC(c1ccccc1)c1nc2ccccc2c(=O)n1C(N)C=C. The van der Waals surface area contributed by atoms with Crippen LogP contribution in [-0.4, -0.2) is 9.55 Å². The normalized spacial score (nSPS) is 13.4. The van der Waals surface area contributed by atoms with Gasteiger partial charge in [-0.05, 0) is 17.7 Å². The standard InChI is InChI=1S/C20H19N3O/c1-3-15(14-10-6-5-7-11-14)19-22-17-13-9-8-12-16(17)20(24)23(19)18(21)4-2/h3-13,15,18H,1-2,21H2. The van der Waals surface area contributed by atoms with E-state index in [4.69, 9.17) is 10.7 Å². The monoisotopic (exact) mass is 317 g/mol. The maximum absolute atomic E-state index is 13.0. The summed E-state index contributed by atoms with van der Waals surface area (Å²) in [6, 6.07) is 17.1. The molecule has 120 valence electrons. The highest BCUT2D eigenvalue weighted by Gasteiger charge is 2.21. The molecule has 0 bridgehead atoms. The fraction of sp³-hybridized carbons (Fsp3) is 0.100. The molecule has 0 aliphatic rings. The van der Waals surface area contributed by atoms with Crippen molar-refractivity contribution in [3.63, 3.8) is 0 Å². The molecule has 2 N–H and O–H groups in total. The average Bonchev–Trinajstić information content (AvgIpc) is 2.63. The largest absolute Gasteiger partial charge is 0.308 e. The zero-order valence-electron chi connectivity index (χ0n) is 13.3. The Bertz CT molecular complexity index is 944. The van der Waals surface area contributed by atoms with E-state index in [1.807, 2.05) is 48.5 Å². The first-order valence-corrected chi connectivity index (χ1v) is 7.74. The first-order valence-electron chi connectivity index (χ1n) is 7.74. The Hall–Kier alpha value is -2.98. The number of nitrogens with two attached hydrogens (primary N) is 1. The van der Waals surface area contributed by atoms with Crippen LogP contribution in [0, 0.1) is 0 Å². The van der Waals surface area contributed by atoms with E-state index in [0.29, 0.717) is 16.7 Å². The van der Waals surface area contributed by atoms with Crippen molar-refractivity contribution in [2.75, 3.05) is 0 Å². The number of fused-ring (bicyclic) bond motifs is 1. The number of rotatable bonds is 5. The van der Waals surface area contributed by atoms with E-state index in [1.165, 1.54) is 10.6 Å². The Morgan fingerprint density at radius 2 is 1.67 bits per heavy atom. The van der Waals surface area contributed by atoms with Gasteiger partial charge in [0.1, 0.15) is 12.0 Å². The Morgan fingerprint density at radius 3 is 2.33 bits per heavy atom. The highest BCUT2D eigenvalue weighted by molar-refractivity contribution is 5.77. The molecule has 4 nitrogen and oxygen atoms in total. The van der Waals surface area contributed by atoms with Gasteiger partial charge < -0.3 is 5.73 Å². The molecule has 0 saturated heterocycles.